The average Bonchev–Trinajstić information content (AvgIpc) is 2.99. The third kappa shape index (κ3) is 7.82. The molecule has 4 aromatic rings. The molecule has 0 aliphatic carbocycles. The Hall–Kier alpha value is -4.91. The topological polar surface area (TPSA) is 95.9 Å². The third-order valence-corrected chi connectivity index (χ3v) is 6.75. The highest BCUT2D eigenvalue weighted by Gasteiger charge is 2.18. The lowest BCUT2D eigenvalue weighted by Gasteiger charge is -2.21. The van der Waals surface area contributed by atoms with Gasteiger partial charge in [0.05, 0.1) is 12.3 Å². The quantitative estimate of drug-likeness (QED) is 0.182. The standard InChI is InChI=1S/C34H34N2O5/c1-24-15-17-25(18-16-24)28-10-5-6-11-29(28)33(39)35-27-21-19-26(20-22-27)34(40)36(2)30-12-7-8-13-31(30)41-23-9-3-4-14-32(37)38/h5-8,10-13,15-22H,3-4,9,14,23H2,1-2H3,(H,35,39)(H,37,38). The number of nitrogens with zero attached hydrogens (tertiary/aromatic N) is 1. The van der Waals surface area contributed by atoms with Gasteiger partial charge in [0.2, 0.25) is 0 Å². The molecule has 0 bridgehead atoms. The summed E-state index contributed by atoms with van der Waals surface area (Å²) in [6, 6.07) is 29.6. The highest BCUT2D eigenvalue weighted by atomic mass is 16.5. The largest absolute Gasteiger partial charge is 0.491 e. The summed E-state index contributed by atoms with van der Waals surface area (Å²) < 4.78 is 5.91. The smallest absolute Gasteiger partial charge is 0.303 e. The van der Waals surface area contributed by atoms with Gasteiger partial charge in [0.25, 0.3) is 11.8 Å². The third-order valence-electron chi connectivity index (χ3n) is 6.75. The molecule has 0 radical (unpaired) electrons. The van der Waals surface area contributed by atoms with Gasteiger partial charge in [-0.3, -0.25) is 14.4 Å². The summed E-state index contributed by atoms with van der Waals surface area (Å²) in [4.78, 5) is 38.7. The van der Waals surface area contributed by atoms with Gasteiger partial charge in [0, 0.05) is 30.3 Å². The molecule has 0 heterocycles. The van der Waals surface area contributed by atoms with Gasteiger partial charge in [-0.2, -0.15) is 0 Å². The number of carboxylic acid groups (broad SMARTS) is 1. The van der Waals surface area contributed by atoms with Crippen LogP contribution in [-0.2, 0) is 4.79 Å². The number of carbonyl (C=O) groups excluding carboxylic acids is 2. The van der Waals surface area contributed by atoms with Gasteiger partial charge >= 0.3 is 5.97 Å². The molecule has 0 saturated carbocycles. The van der Waals surface area contributed by atoms with Crippen molar-refractivity contribution in [2.75, 3.05) is 23.9 Å². The maximum Gasteiger partial charge on any atom is 0.303 e. The minimum atomic E-state index is -0.796. The number of carboxylic acids is 1. The fourth-order valence-corrected chi connectivity index (χ4v) is 4.46. The highest BCUT2D eigenvalue weighted by molar-refractivity contribution is 6.09. The number of rotatable bonds is 12. The molecule has 4 rings (SSSR count). The van der Waals surface area contributed by atoms with Crippen LogP contribution in [0.25, 0.3) is 11.1 Å². The average molecular weight is 551 g/mol. The number of amides is 2. The van der Waals surface area contributed by atoms with E-state index < -0.39 is 5.97 Å². The predicted molar refractivity (Wildman–Crippen MR) is 162 cm³/mol. The van der Waals surface area contributed by atoms with Crippen LogP contribution in [-0.4, -0.2) is 36.5 Å². The van der Waals surface area contributed by atoms with Crippen molar-refractivity contribution in [1.82, 2.24) is 0 Å². The van der Waals surface area contributed by atoms with Crippen molar-refractivity contribution in [3.63, 3.8) is 0 Å². The number of carbonyl (C=O) groups is 3. The Morgan fingerprint density at radius 1 is 0.805 bits per heavy atom. The molecule has 7 heteroatoms. The molecule has 4 aromatic carbocycles. The van der Waals surface area contributed by atoms with E-state index in [9.17, 15) is 14.4 Å². The molecule has 210 valence electrons. The SMILES string of the molecule is Cc1ccc(-c2ccccc2C(=O)Nc2ccc(C(=O)N(C)c3ccccc3OCCCCCC(=O)O)cc2)cc1. The highest BCUT2D eigenvalue weighted by Crippen LogP contribution is 2.29. The summed E-state index contributed by atoms with van der Waals surface area (Å²) >= 11 is 0. The first kappa shape index (κ1) is 29.1. The van der Waals surface area contributed by atoms with Crippen molar-refractivity contribution in [1.29, 1.82) is 0 Å². The minimum Gasteiger partial charge on any atom is -0.491 e. The zero-order valence-electron chi connectivity index (χ0n) is 23.3. The summed E-state index contributed by atoms with van der Waals surface area (Å²) in [7, 11) is 1.69. The first-order valence-electron chi connectivity index (χ1n) is 13.6. The number of aryl methyl sites for hydroxylation is 1. The number of benzene rings is 4. The van der Waals surface area contributed by atoms with Crippen LogP contribution in [0.5, 0.6) is 5.75 Å². The van der Waals surface area contributed by atoms with Gasteiger partial charge in [-0.15, -0.1) is 0 Å². The van der Waals surface area contributed by atoms with Crippen molar-refractivity contribution >= 4 is 29.2 Å². The monoisotopic (exact) mass is 550 g/mol. The van der Waals surface area contributed by atoms with Gasteiger partial charge in [-0.25, -0.2) is 0 Å². The molecule has 2 N–H and O–H groups in total. The summed E-state index contributed by atoms with van der Waals surface area (Å²) in [6.45, 7) is 2.46. The van der Waals surface area contributed by atoms with E-state index in [0.29, 0.717) is 41.3 Å². The van der Waals surface area contributed by atoms with E-state index in [4.69, 9.17) is 9.84 Å². The Balaban J connectivity index is 1.40. The van der Waals surface area contributed by atoms with Crippen LogP contribution in [0.3, 0.4) is 0 Å². The van der Waals surface area contributed by atoms with Gasteiger partial charge < -0.3 is 20.1 Å². The van der Waals surface area contributed by atoms with Crippen molar-refractivity contribution in [3.8, 4) is 16.9 Å². The van der Waals surface area contributed by atoms with Gasteiger partial charge in [-0.1, -0.05) is 60.2 Å². The number of hydrogen-bond acceptors (Lipinski definition) is 4. The van der Waals surface area contributed by atoms with E-state index in [0.717, 1.165) is 29.5 Å². The molecule has 0 aliphatic heterocycles. The van der Waals surface area contributed by atoms with Gasteiger partial charge in [-0.05, 0) is 79.8 Å². The predicted octanol–water partition coefficient (Wildman–Crippen LogP) is 7.21. The van der Waals surface area contributed by atoms with Crippen LogP contribution in [0.4, 0.5) is 11.4 Å². The van der Waals surface area contributed by atoms with Crippen LogP contribution in [0.1, 0.15) is 52.0 Å². The molecule has 0 unspecified atom stereocenters. The summed E-state index contributed by atoms with van der Waals surface area (Å²) in [5.41, 5.74) is 5.21. The van der Waals surface area contributed by atoms with Crippen LogP contribution >= 0.6 is 0 Å². The normalized spacial score (nSPS) is 10.6. The number of nitrogens with one attached hydrogen (secondary N) is 1. The van der Waals surface area contributed by atoms with E-state index in [1.165, 1.54) is 4.90 Å². The first-order chi connectivity index (χ1) is 19.8. The van der Waals surface area contributed by atoms with Crippen LogP contribution in [0.2, 0.25) is 0 Å². The molecule has 0 saturated heterocycles. The van der Waals surface area contributed by atoms with E-state index in [-0.39, 0.29) is 18.2 Å². The molecule has 41 heavy (non-hydrogen) atoms. The van der Waals surface area contributed by atoms with Gasteiger partial charge in [0.15, 0.2) is 0 Å². The second-order valence-corrected chi connectivity index (χ2v) is 9.83. The number of para-hydroxylation sites is 2. The van der Waals surface area contributed by atoms with Crippen molar-refractivity contribution in [3.05, 3.63) is 114 Å². The van der Waals surface area contributed by atoms with Crippen molar-refractivity contribution in [2.24, 2.45) is 0 Å². The summed E-state index contributed by atoms with van der Waals surface area (Å²) in [5.74, 6) is -0.663. The number of ether oxygens (including phenoxy) is 1. The lowest BCUT2D eigenvalue weighted by atomic mass is 9.98. The first-order valence-corrected chi connectivity index (χ1v) is 13.6. The zero-order chi connectivity index (χ0) is 29.2. The van der Waals surface area contributed by atoms with Crippen LogP contribution < -0.4 is 15.0 Å². The lowest BCUT2D eigenvalue weighted by Crippen LogP contribution is -2.26. The number of unbranched alkanes of at least 4 members (excludes halogenated alkanes) is 2. The second-order valence-electron chi connectivity index (χ2n) is 9.83. The molecule has 0 atom stereocenters. The maximum atomic E-state index is 13.3. The summed E-state index contributed by atoms with van der Waals surface area (Å²) in [6.07, 6.45) is 2.23. The van der Waals surface area contributed by atoms with E-state index >= 15 is 0 Å². The molecule has 0 fully saturated rings. The van der Waals surface area contributed by atoms with Crippen LogP contribution in [0.15, 0.2) is 97.1 Å². The van der Waals surface area contributed by atoms with E-state index in [1.807, 2.05) is 73.7 Å². The van der Waals surface area contributed by atoms with Crippen molar-refractivity contribution < 1.29 is 24.2 Å². The Bertz CT molecular complexity index is 1500. The number of anilines is 2. The minimum absolute atomic E-state index is 0.150. The van der Waals surface area contributed by atoms with Crippen molar-refractivity contribution in [2.45, 2.75) is 32.6 Å². The molecular formula is C34H34N2O5. The Morgan fingerprint density at radius 2 is 1.49 bits per heavy atom. The fourth-order valence-electron chi connectivity index (χ4n) is 4.46. The molecule has 7 nitrogen and oxygen atoms in total. The molecule has 0 aliphatic rings. The number of aliphatic carboxylic acids is 1. The Kier molecular flexibility index (Phi) is 9.89. The van der Waals surface area contributed by atoms with E-state index in [1.54, 1.807) is 37.4 Å². The summed E-state index contributed by atoms with van der Waals surface area (Å²) in [5, 5.41) is 11.7. The Labute approximate surface area is 240 Å². The fraction of sp³-hybridized carbons (Fsp3) is 0.206. The zero-order valence-corrected chi connectivity index (χ0v) is 23.3. The second kappa shape index (κ2) is 13.9. The molecule has 2 amide bonds. The molecular weight excluding hydrogens is 516 g/mol. The Morgan fingerprint density at radius 3 is 2.22 bits per heavy atom. The number of hydrogen-bond donors (Lipinski definition) is 2. The molecule has 0 spiro atoms. The van der Waals surface area contributed by atoms with Gasteiger partial charge in [0.1, 0.15) is 5.75 Å². The molecule has 0 aromatic heterocycles. The van der Waals surface area contributed by atoms with E-state index in [2.05, 4.69) is 5.32 Å². The van der Waals surface area contributed by atoms with Crippen LogP contribution in [0, 0.1) is 6.92 Å². The maximum absolute atomic E-state index is 13.3. The lowest BCUT2D eigenvalue weighted by molar-refractivity contribution is -0.137.